The van der Waals surface area contributed by atoms with Crippen LogP contribution < -0.4 is 0 Å². The van der Waals surface area contributed by atoms with Crippen molar-refractivity contribution in [2.45, 2.75) is 32.5 Å². The van der Waals surface area contributed by atoms with Gasteiger partial charge in [0.15, 0.2) is 0 Å². The van der Waals surface area contributed by atoms with E-state index in [2.05, 4.69) is 4.98 Å². The molecule has 1 saturated heterocycles. The van der Waals surface area contributed by atoms with Gasteiger partial charge in [-0.15, -0.1) is 0 Å². The summed E-state index contributed by atoms with van der Waals surface area (Å²) in [5.41, 5.74) is -1.00. The van der Waals surface area contributed by atoms with Gasteiger partial charge in [0, 0.05) is 12.7 Å². The van der Waals surface area contributed by atoms with Crippen LogP contribution in [0, 0.1) is 5.41 Å². The van der Waals surface area contributed by atoms with Crippen molar-refractivity contribution < 1.29 is 19.7 Å². The number of aromatic nitrogens is 1. The van der Waals surface area contributed by atoms with Gasteiger partial charge in [0.1, 0.15) is 11.7 Å². The Morgan fingerprint density at radius 3 is 2.71 bits per heavy atom. The Balaban J connectivity index is 2.41. The maximum Gasteiger partial charge on any atom is 0.407 e. The highest BCUT2D eigenvalue weighted by Gasteiger charge is 2.53. The third-order valence-electron chi connectivity index (χ3n) is 4.10. The van der Waals surface area contributed by atoms with E-state index in [1.165, 1.54) is 4.90 Å². The molecule has 1 aliphatic rings. The Morgan fingerprint density at radius 1 is 1.48 bits per heavy atom. The molecule has 2 rings (SSSR count). The molecule has 116 valence electrons. The topological polar surface area (TPSA) is 82.9 Å². The number of ether oxygens (including phenoxy) is 1. The number of morpholine rings is 1. The maximum absolute atomic E-state index is 11.3. The number of nitrogens with zero attached hydrogens (tertiary/aromatic N) is 2. The maximum atomic E-state index is 11.3. The van der Waals surface area contributed by atoms with E-state index in [0.29, 0.717) is 12.2 Å². The largest absolute Gasteiger partial charge is 0.465 e. The molecule has 21 heavy (non-hydrogen) atoms. The summed E-state index contributed by atoms with van der Waals surface area (Å²) in [4.78, 5) is 16.8. The van der Waals surface area contributed by atoms with Crippen molar-refractivity contribution in [1.29, 1.82) is 0 Å². The van der Waals surface area contributed by atoms with E-state index in [4.69, 9.17) is 4.74 Å². The molecule has 0 unspecified atom stereocenters. The highest BCUT2D eigenvalue weighted by molar-refractivity contribution is 5.65. The lowest BCUT2D eigenvalue weighted by atomic mass is 9.71. The number of hydrogen-bond donors (Lipinski definition) is 2. The third-order valence-corrected chi connectivity index (χ3v) is 4.10. The van der Waals surface area contributed by atoms with Crippen molar-refractivity contribution in [2.75, 3.05) is 19.7 Å². The predicted molar refractivity (Wildman–Crippen MR) is 76.9 cm³/mol. The first-order valence-electron chi connectivity index (χ1n) is 6.99. The van der Waals surface area contributed by atoms with Crippen LogP contribution in [0.5, 0.6) is 0 Å². The molecule has 2 atom stereocenters. The minimum atomic E-state index is -1.03. The molecule has 1 aromatic heterocycles. The van der Waals surface area contributed by atoms with Crippen LogP contribution in [0.15, 0.2) is 24.4 Å². The van der Waals surface area contributed by atoms with Crippen LogP contribution in [-0.2, 0) is 4.74 Å². The summed E-state index contributed by atoms with van der Waals surface area (Å²) < 4.78 is 5.93. The number of pyridine rings is 1. The Bertz CT molecular complexity index is 500. The van der Waals surface area contributed by atoms with Gasteiger partial charge < -0.3 is 19.8 Å². The first-order valence-corrected chi connectivity index (χ1v) is 6.99. The molecule has 1 amide bonds. The number of carbonyl (C=O) groups is 1. The second-order valence-corrected chi connectivity index (χ2v) is 6.35. The van der Waals surface area contributed by atoms with Crippen molar-refractivity contribution in [3.63, 3.8) is 0 Å². The molecule has 0 aromatic carbocycles. The summed E-state index contributed by atoms with van der Waals surface area (Å²) in [5.74, 6) is 0. The van der Waals surface area contributed by atoms with Crippen LogP contribution in [0.3, 0.4) is 0 Å². The van der Waals surface area contributed by atoms with E-state index in [1.807, 2.05) is 20.8 Å². The van der Waals surface area contributed by atoms with Crippen molar-refractivity contribution in [2.24, 2.45) is 5.41 Å². The monoisotopic (exact) mass is 294 g/mol. The predicted octanol–water partition coefficient (Wildman–Crippen LogP) is 1.91. The molecule has 1 aromatic rings. The van der Waals surface area contributed by atoms with Crippen molar-refractivity contribution in [1.82, 2.24) is 9.88 Å². The molecule has 0 spiro atoms. The number of aliphatic hydroxyl groups is 1. The molecule has 2 heterocycles. The zero-order valence-electron chi connectivity index (χ0n) is 12.6. The van der Waals surface area contributed by atoms with Gasteiger partial charge in [-0.1, -0.05) is 26.8 Å². The lowest BCUT2D eigenvalue weighted by Gasteiger charge is -2.51. The number of amides is 1. The highest BCUT2D eigenvalue weighted by atomic mass is 16.5. The summed E-state index contributed by atoms with van der Waals surface area (Å²) in [5, 5.41) is 20.1. The molecule has 0 aliphatic carbocycles. The van der Waals surface area contributed by atoms with Gasteiger partial charge in [-0.2, -0.15) is 0 Å². The zero-order valence-corrected chi connectivity index (χ0v) is 12.6. The average Bonchev–Trinajstić information content (AvgIpc) is 2.46. The molecule has 6 nitrogen and oxygen atoms in total. The Kier molecular flexibility index (Phi) is 4.20. The Morgan fingerprint density at radius 2 is 2.19 bits per heavy atom. The summed E-state index contributed by atoms with van der Waals surface area (Å²) >= 11 is 0. The van der Waals surface area contributed by atoms with Crippen molar-refractivity contribution in [3.05, 3.63) is 30.1 Å². The molecular formula is C15H22N2O4. The first-order chi connectivity index (χ1) is 9.78. The standard InChI is InChI=1S/C15H22N2O4/c1-14(2,3)15(10-17(13(19)20)8-9-21-15)12(18)11-6-4-5-7-16-11/h4-7,12,18H,8-10H2,1-3H3,(H,19,20)/t12-,15+/m1/s1. The van der Waals surface area contributed by atoms with Gasteiger partial charge in [0.25, 0.3) is 0 Å². The molecular weight excluding hydrogens is 272 g/mol. The minimum absolute atomic E-state index is 0.115. The number of carboxylic acid groups (broad SMARTS) is 1. The third kappa shape index (κ3) is 2.87. The lowest BCUT2D eigenvalue weighted by Crippen LogP contribution is -2.62. The summed E-state index contributed by atoms with van der Waals surface area (Å²) in [6.45, 7) is 6.48. The SMILES string of the molecule is CC(C)(C)[C@@]1([C@H](O)c2ccccn2)CN(C(=O)O)CCO1. The first kappa shape index (κ1) is 15.7. The molecule has 1 fully saturated rings. The van der Waals surface area contributed by atoms with Gasteiger partial charge in [-0.25, -0.2) is 4.79 Å². The van der Waals surface area contributed by atoms with Crippen LogP contribution in [0.2, 0.25) is 0 Å². The van der Waals surface area contributed by atoms with Crippen LogP contribution in [0.4, 0.5) is 4.79 Å². The quantitative estimate of drug-likeness (QED) is 0.870. The summed E-state index contributed by atoms with van der Waals surface area (Å²) in [7, 11) is 0. The van der Waals surface area contributed by atoms with Gasteiger partial charge in [-0.05, 0) is 17.5 Å². The molecule has 6 heteroatoms. The fourth-order valence-electron chi connectivity index (χ4n) is 2.72. The summed E-state index contributed by atoms with van der Waals surface area (Å²) in [6.07, 6.45) is -0.395. The van der Waals surface area contributed by atoms with E-state index in [-0.39, 0.29) is 13.2 Å². The molecule has 0 bridgehead atoms. The van der Waals surface area contributed by atoms with E-state index in [0.717, 1.165) is 0 Å². The smallest absolute Gasteiger partial charge is 0.407 e. The second-order valence-electron chi connectivity index (χ2n) is 6.35. The molecule has 1 aliphatic heterocycles. The van der Waals surface area contributed by atoms with E-state index < -0.39 is 23.2 Å². The van der Waals surface area contributed by atoms with E-state index in [1.54, 1.807) is 24.4 Å². The van der Waals surface area contributed by atoms with Crippen molar-refractivity contribution >= 4 is 6.09 Å². The highest BCUT2D eigenvalue weighted by Crippen LogP contribution is 2.45. The van der Waals surface area contributed by atoms with Gasteiger partial charge in [0.2, 0.25) is 0 Å². The van der Waals surface area contributed by atoms with Crippen LogP contribution in [0.25, 0.3) is 0 Å². The normalized spacial score (nSPS) is 24.7. The molecule has 0 saturated carbocycles. The number of hydrogen-bond acceptors (Lipinski definition) is 4. The van der Waals surface area contributed by atoms with Crippen LogP contribution in [0.1, 0.15) is 32.6 Å². The lowest BCUT2D eigenvalue weighted by molar-refractivity contribution is -0.214. The van der Waals surface area contributed by atoms with Gasteiger partial charge >= 0.3 is 6.09 Å². The molecule has 0 radical (unpaired) electrons. The van der Waals surface area contributed by atoms with E-state index in [9.17, 15) is 15.0 Å². The Labute approximate surface area is 124 Å². The van der Waals surface area contributed by atoms with Gasteiger partial charge in [0.05, 0.1) is 18.8 Å². The van der Waals surface area contributed by atoms with Crippen LogP contribution >= 0.6 is 0 Å². The number of aliphatic hydroxyl groups excluding tert-OH is 1. The summed E-state index contributed by atoms with van der Waals surface area (Å²) in [6, 6.07) is 5.28. The Hall–Kier alpha value is -1.66. The van der Waals surface area contributed by atoms with E-state index >= 15 is 0 Å². The minimum Gasteiger partial charge on any atom is -0.465 e. The second kappa shape index (κ2) is 5.61. The van der Waals surface area contributed by atoms with Crippen molar-refractivity contribution in [3.8, 4) is 0 Å². The fourth-order valence-corrected chi connectivity index (χ4v) is 2.72. The average molecular weight is 294 g/mol. The fraction of sp³-hybridized carbons (Fsp3) is 0.600. The van der Waals surface area contributed by atoms with Crippen LogP contribution in [-0.4, -0.2) is 51.5 Å². The molecule has 2 N–H and O–H groups in total. The number of rotatable bonds is 2. The van der Waals surface area contributed by atoms with Gasteiger partial charge in [-0.3, -0.25) is 4.98 Å². The zero-order chi connectivity index (χ0) is 15.7.